The Balaban J connectivity index is 5.26. The largest absolute Gasteiger partial charge is 0.472 e. The predicted octanol–water partition coefficient (Wildman–Crippen LogP) is 24.9. The second-order valence-corrected chi connectivity index (χ2v) is 33.9. The van der Waals surface area contributed by atoms with Crippen molar-refractivity contribution < 1.29 is 80.2 Å². The Morgan fingerprint density at radius 2 is 0.524 bits per heavy atom. The fraction of sp³-hybridized carbons (Fsp3) is 0.905. The molecule has 0 saturated carbocycles. The van der Waals surface area contributed by atoms with Crippen molar-refractivity contribution in [2.75, 3.05) is 39.6 Å². The maximum Gasteiger partial charge on any atom is 0.472 e. The van der Waals surface area contributed by atoms with E-state index in [0.29, 0.717) is 31.6 Å². The van der Waals surface area contributed by atoms with Gasteiger partial charge in [0.1, 0.15) is 19.3 Å². The molecule has 0 fully saturated rings. The maximum atomic E-state index is 13.1. The lowest BCUT2D eigenvalue weighted by Crippen LogP contribution is -2.30. The Morgan fingerprint density at radius 3 is 0.786 bits per heavy atom. The third-order valence-electron chi connectivity index (χ3n) is 19.0. The number of hydrogen-bond acceptors (Lipinski definition) is 15. The molecule has 0 radical (unpaired) electrons. The number of rotatable bonds is 80. The van der Waals surface area contributed by atoms with E-state index in [-0.39, 0.29) is 25.7 Å². The van der Waals surface area contributed by atoms with E-state index in [1.165, 1.54) is 199 Å². The summed E-state index contributed by atoms with van der Waals surface area (Å²) in [6.07, 6.45) is 66.1. The number of esters is 4. The van der Waals surface area contributed by atoms with Crippen LogP contribution in [0.5, 0.6) is 0 Å². The highest BCUT2D eigenvalue weighted by atomic mass is 31.2. The summed E-state index contributed by atoms with van der Waals surface area (Å²) in [7, 11) is -9.94. The lowest BCUT2D eigenvalue weighted by atomic mass is 10.0. The Hall–Kier alpha value is -2.46. The molecule has 0 aromatic heterocycles. The van der Waals surface area contributed by atoms with Crippen LogP contribution in [0.2, 0.25) is 0 Å². The van der Waals surface area contributed by atoms with Crippen molar-refractivity contribution in [3.63, 3.8) is 0 Å². The number of phosphoric ester groups is 2. The number of ether oxygens (including phenoxy) is 4. The Morgan fingerprint density at radius 1 is 0.301 bits per heavy atom. The van der Waals surface area contributed by atoms with Crippen LogP contribution in [0.1, 0.15) is 414 Å². The Bertz CT molecular complexity index is 2090. The van der Waals surface area contributed by atoms with Gasteiger partial charge in [-0.25, -0.2) is 9.13 Å². The molecule has 0 aliphatic heterocycles. The third-order valence-corrected chi connectivity index (χ3v) is 20.9. The van der Waals surface area contributed by atoms with Crippen LogP contribution in [0.4, 0.5) is 0 Å². The summed E-state index contributed by atoms with van der Waals surface area (Å²) in [5.74, 6) is 0.180. The average Bonchev–Trinajstić information content (AvgIpc) is 0.944. The van der Waals surface area contributed by atoms with Crippen LogP contribution in [-0.2, 0) is 65.4 Å². The molecule has 19 heteroatoms. The number of allylic oxidation sites excluding steroid dienone is 4. The molecule has 0 aromatic carbocycles. The number of aliphatic hydroxyl groups is 1. The SMILES string of the molecule is CCCCCC/C=C\C=C/CCCCCCCC(=O)OC[C@H](COP(=O)(O)OCC(O)COP(=O)(O)OC[C@@H](COC(=O)CCCCCCCCCC(C)C)OC(=O)CCCCCCCCCCCCCCCCCCC(C)C)OC(=O)CCCCCCCCCCCCCCCCCCC(C)C. The molecule has 0 saturated heterocycles. The molecule has 0 bridgehead atoms. The molecule has 0 heterocycles. The standard InChI is InChI=1S/C84H160O17P2/c1-8-9-10-11-12-13-14-15-20-27-32-37-44-51-58-65-81(86)94-71-79(100-83(88)67-60-53-45-38-33-28-23-18-16-21-25-30-35-41-48-55-62-75(2)3)73-98-102(90,91)96-69-78(85)70-97-103(92,93)99-74-80(72-95-82(87)66-59-52-47-40-43-50-57-64-77(6)7)101-84(89)68-61-54-46-39-34-29-24-19-17-22-26-31-36-42-49-56-63-76(4)5/h13-15,20,75-80,85H,8-12,16-19,21-74H2,1-7H3,(H,90,91)(H,92,93)/b14-13-,20-15-/t78?,79-,80-/m1/s1. The average molecular weight is 1500 g/mol. The molecule has 0 rings (SSSR count). The smallest absolute Gasteiger partial charge is 0.462 e. The molecule has 103 heavy (non-hydrogen) atoms. The molecule has 5 atom stereocenters. The first-order valence-corrected chi connectivity index (χ1v) is 45.7. The van der Waals surface area contributed by atoms with Crippen molar-refractivity contribution in [1.29, 1.82) is 0 Å². The van der Waals surface area contributed by atoms with E-state index in [9.17, 15) is 43.2 Å². The summed E-state index contributed by atoms with van der Waals surface area (Å²) >= 11 is 0. The fourth-order valence-electron chi connectivity index (χ4n) is 12.5. The minimum absolute atomic E-state index is 0.101. The van der Waals surface area contributed by atoms with Crippen molar-refractivity contribution in [1.82, 2.24) is 0 Å². The highest BCUT2D eigenvalue weighted by molar-refractivity contribution is 7.47. The van der Waals surface area contributed by atoms with Gasteiger partial charge in [0.25, 0.3) is 0 Å². The van der Waals surface area contributed by atoms with Crippen molar-refractivity contribution in [2.24, 2.45) is 17.8 Å². The molecule has 0 spiro atoms. The van der Waals surface area contributed by atoms with Crippen molar-refractivity contribution >= 4 is 39.5 Å². The molecule has 0 aromatic rings. The summed E-state index contributed by atoms with van der Waals surface area (Å²) in [5.41, 5.74) is 0. The minimum Gasteiger partial charge on any atom is -0.462 e. The van der Waals surface area contributed by atoms with Gasteiger partial charge in [0.15, 0.2) is 12.2 Å². The summed E-state index contributed by atoms with van der Waals surface area (Å²) in [4.78, 5) is 73.1. The molecule has 608 valence electrons. The Labute approximate surface area is 631 Å². The zero-order chi connectivity index (χ0) is 75.8. The first-order valence-electron chi connectivity index (χ1n) is 42.7. The molecule has 3 N–H and O–H groups in total. The van der Waals surface area contributed by atoms with Gasteiger partial charge < -0.3 is 33.8 Å². The van der Waals surface area contributed by atoms with E-state index in [2.05, 4.69) is 72.8 Å². The lowest BCUT2D eigenvalue weighted by molar-refractivity contribution is -0.161. The predicted molar refractivity (Wildman–Crippen MR) is 423 cm³/mol. The number of carbonyl (C=O) groups excluding carboxylic acids is 4. The van der Waals surface area contributed by atoms with Gasteiger partial charge in [-0.15, -0.1) is 0 Å². The van der Waals surface area contributed by atoms with Crippen LogP contribution in [0.25, 0.3) is 0 Å². The van der Waals surface area contributed by atoms with Crippen LogP contribution in [0.3, 0.4) is 0 Å². The first kappa shape index (κ1) is 101. The summed E-state index contributed by atoms with van der Waals surface area (Å²) in [6.45, 7) is 11.9. The van der Waals surface area contributed by atoms with E-state index >= 15 is 0 Å². The minimum atomic E-state index is -4.97. The van der Waals surface area contributed by atoms with Crippen LogP contribution in [0.15, 0.2) is 24.3 Å². The lowest BCUT2D eigenvalue weighted by Gasteiger charge is -2.21. The first-order chi connectivity index (χ1) is 49.7. The van der Waals surface area contributed by atoms with E-state index < -0.39 is 97.5 Å². The van der Waals surface area contributed by atoms with Gasteiger partial charge in [-0.2, -0.15) is 0 Å². The summed E-state index contributed by atoms with van der Waals surface area (Å²) in [5, 5.41) is 10.7. The maximum absolute atomic E-state index is 13.1. The quantitative estimate of drug-likeness (QED) is 0.0169. The van der Waals surface area contributed by atoms with Gasteiger partial charge >= 0.3 is 39.5 Å². The van der Waals surface area contributed by atoms with Crippen molar-refractivity contribution in [2.45, 2.75) is 433 Å². The Kier molecular flexibility index (Phi) is 71.9. The van der Waals surface area contributed by atoms with Gasteiger partial charge in [0, 0.05) is 25.7 Å². The number of aliphatic hydroxyl groups excluding tert-OH is 1. The molecule has 0 amide bonds. The monoisotopic (exact) mass is 1500 g/mol. The highest BCUT2D eigenvalue weighted by Crippen LogP contribution is 2.45. The summed E-state index contributed by atoms with van der Waals surface area (Å²) in [6, 6.07) is 0. The van der Waals surface area contributed by atoms with Crippen molar-refractivity contribution in [3.05, 3.63) is 24.3 Å². The zero-order valence-electron chi connectivity index (χ0n) is 67.3. The van der Waals surface area contributed by atoms with Gasteiger partial charge in [-0.05, 0) is 69.1 Å². The molecule has 3 unspecified atom stereocenters. The van der Waals surface area contributed by atoms with Crippen LogP contribution < -0.4 is 0 Å². The number of hydrogen-bond donors (Lipinski definition) is 3. The second kappa shape index (κ2) is 73.7. The molecular weight excluding hydrogens is 1340 g/mol. The van der Waals surface area contributed by atoms with E-state index in [1.807, 2.05) is 0 Å². The van der Waals surface area contributed by atoms with E-state index in [0.717, 1.165) is 127 Å². The van der Waals surface area contributed by atoms with Gasteiger partial charge in [-0.3, -0.25) is 37.3 Å². The highest BCUT2D eigenvalue weighted by Gasteiger charge is 2.30. The van der Waals surface area contributed by atoms with E-state index in [4.69, 9.17) is 37.0 Å². The summed E-state index contributed by atoms with van der Waals surface area (Å²) < 4.78 is 68.8. The molecule has 17 nitrogen and oxygen atoms in total. The molecule has 0 aliphatic rings. The third kappa shape index (κ3) is 77.5. The van der Waals surface area contributed by atoms with Gasteiger partial charge in [0.05, 0.1) is 26.4 Å². The van der Waals surface area contributed by atoms with Gasteiger partial charge in [0.2, 0.25) is 0 Å². The topological polar surface area (TPSA) is 237 Å². The number of unbranched alkanes of at least 4 members (excludes halogenated alkanes) is 45. The zero-order valence-corrected chi connectivity index (χ0v) is 69.1. The van der Waals surface area contributed by atoms with Crippen LogP contribution in [0, 0.1) is 17.8 Å². The van der Waals surface area contributed by atoms with E-state index in [1.54, 1.807) is 0 Å². The van der Waals surface area contributed by atoms with Crippen LogP contribution >= 0.6 is 15.6 Å². The number of phosphoric acid groups is 2. The normalized spacial score (nSPS) is 14.1. The fourth-order valence-corrected chi connectivity index (χ4v) is 14.1. The second-order valence-electron chi connectivity index (χ2n) is 31.0. The van der Waals surface area contributed by atoms with Gasteiger partial charge in [-0.1, -0.05) is 362 Å². The van der Waals surface area contributed by atoms with Crippen LogP contribution in [-0.4, -0.2) is 96.7 Å². The molecular formula is C84H160O17P2. The van der Waals surface area contributed by atoms with Crippen molar-refractivity contribution in [3.8, 4) is 0 Å². The molecule has 0 aliphatic carbocycles. The number of carbonyl (C=O) groups is 4.